The number of hydrogen-bond donors (Lipinski definition) is 1. The summed E-state index contributed by atoms with van der Waals surface area (Å²) in [6, 6.07) is 9.97. The molecule has 1 aromatic rings. The van der Waals surface area contributed by atoms with E-state index >= 15 is 0 Å². The van der Waals surface area contributed by atoms with E-state index in [1.54, 1.807) is 4.90 Å². The van der Waals surface area contributed by atoms with Crippen molar-refractivity contribution >= 4 is 23.4 Å². The highest BCUT2D eigenvalue weighted by atomic mass is 16.2. The second kappa shape index (κ2) is 12.9. The van der Waals surface area contributed by atoms with Gasteiger partial charge >= 0.3 is 0 Å². The molecule has 0 saturated carbocycles. The molecule has 1 atom stereocenters. The predicted molar refractivity (Wildman–Crippen MR) is 140 cm³/mol. The minimum atomic E-state index is -0.698. The van der Waals surface area contributed by atoms with Gasteiger partial charge in [-0.1, -0.05) is 71.1 Å². The van der Waals surface area contributed by atoms with Crippen molar-refractivity contribution in [1.29, 1.82) is 0 Å². The Labute approximate surface area is 211 Å². The summed E-state index contributed by atoms with van der Waals surface area (Å²) in [4.78, 5) is 44.9. The normalized spacial score (nSPS) is 18.3. The molecule has 2 heterocycles. The minimum Gasteiger partial charge on any atom is -0.354 e. The molecule has 1 unspecified atom stereocenters. The fraction of sp³-hybridized carbons (Fsp3) is 0.679. The Bertz CT molecular complexity index is 836. The summed E-state index contributed by atoms with van der Waals surface area (Å²) in [6.45, 7) is 8.65. The van der Waals surface area contributed by atoms with E-state index in [2.05, 4.69) is 31.0 Å². The number of likely N-dealkylation sites (tertiary alicyclic amines) is 1. The Morgan fingerprint density at radius 1 is 1.03 bits per heavy atom. The van der Waals surface area contributed by atoms with Crippen molar-refractivity contribution in [2.45, 2.75) is 84.1 Å². The molecule has 0 aliphatic carbocycles. The number of carbonyl (C=O) groups excluding carboxylic acids is 3. The third kappa shape index (κ3) is 6.77. The van der Waals surface area contributed by atoms with Gasteiger partial charge in [-0.05, 0) is 37.3 Å². The molecule has 2 aliphatic heterocycles. The van der Waals surface area contributed by atoms with Crippen LogP contribution in [0.4, 0.5) is 5.69 Å². The Kier molecular flexibility index (Phi) is 9.99. The number of nitrogens with zero attached hydrogens (tertiary/aromatic N) is 3. The molecule has 1 spiro atoms. The highest BCUT2D eigenvalue weighted by Crippen LogP contribution is 2.39. The Hall–Kier alpha value is -2.57. The van der Waals surface area contributed by atoms with Gasteiger partial charge in [0.25, 0.3) is 5.91 Å². The van der Waals surface area contributed by atoms with Gasteiger partial charge in [-0.2, -0.15) is 0 Å². The van der Waals surface area contributed by atoms with Crippen LogP contribution in [0.3, 0.4) is 0 Å². The summed E-state index contributed by atoms with van der Waals surface area (Å²) in [5.74, 6) is 0.509. The summed E-state index contributed by atoms with van der Waals surface area (Å²) in [7, 11) is 0. The lowest BCUT2D eigenvalue weighted by molar-refractivity contribution is -0.140. The van der Waals surface area contributed by atoms with Gasteiger partial charge in [-0.15, -0.1) is 0 Å². The van der Waals surface area contributed by atoms with E-state index in [0.717, 1.165) is 24.9 Å². The maximum Gasteiger partial charge on any atom is 0.250 e. The van der Waals surface area contributed by atoms with E-state index in [1.165, 1.54) is 19.3 Å². The molecule has 2 saturated heterocycles. The first kappa shape index (κ1) is 27.0. The lowest BCUT2D eigenvalue weighted by Gasteiger charge is -2.43. The van der Waals surface area contributed by atoms with Gasteiger partial charge in [0.05, 0.1) is 6.67 Å². The zero-order valence-corrected chi connectivity index (χ0v) is 21.9. The molecule has 0 radical (unpaired) electrons. The fourth-order valence-electron chi connectivity index (χ4n) is 5.15. The number of carbonyl (C=O) groups is 3. The van der Waals surface area contributed by atoms with E-state index < -0.39 is 5.54 Å². The largest absolute Gasteiger partial charge is 0.354 e. The van der Waals surface area contributed by atoms with Crippen LogP contribution < -0.4 is 10.2 Å². The summed E-state index contributed by atoms with van der Waals surface area (Å²) < 4.78 is 0. The van der Waals surface area contributed by atoms with Crippen molar-refractivity contribution in [2.75, 3.05) is 37.7 Å². The fourth-order valence-corrected chi connectivity index (χ4v) is 5.15. The number of nitrogens with one attached hydrogen (secondary N) is 1. The first-order chi connectivity index (χ1) is 16.9. The van der Waals surface area contributed by atoms with E-state index in [-0.39, 0.29) is 24.3 Å². The third-order valence-electron chi connectivity index (χ3n) is 7.70. The molecule has 1 N–H and O–H groups in total. The summed E-state index contributed by atoms with van der Waals surface area (Å²) in [5.41, 5.74) is 0.287. The second-order valence-electron chi connectivity index (χ2n) is 10.3. The number of hydrogen-bond acceptors (Lipinski definition) is 4. The molecule has 1 aromatic carbocycles. The van der Waals surface area contributed by atoms with Crippen molar-refractivity contribution in [3.05, 3.63) is 30.3 Å². The van der Waals surface area contributed by atoms with Gasteiger partial charge < -0.3 is 20.0 Å². The van der Waals surface area contributed by atoms with E-state index in [4.69, 9.17) is 0 Å². The summed E-state index contributed by atoms with van der Waals surface area (Å²) in [6.07, 6.45) is 8.43. The van der Waals surface area contributed by atoms with Crippen LogP contribution in [0.2, 0.25) is 0 Å². The van der Waals surface area contributed by atoms with Crippen molar-refractivity contribution in [1.82, 2.24) is 15.1 Å². The average molecular weight is 485 g/mol. The monoisotopic (exact) mass is 484 g/mol. The molecule has 3 rings (SSSR count). The van der Waals surface area contributed by atoms with Crippen molar-refractivity contribution in [3.8, 4) is 0 Å². The maximum atomic E-state index is 13.7. The van der Waals surface area contributed by atoms with Crippen LogP contribution in [0.15, 0.2) is 30.3 Å². The molecule has 0 aromatic heterocycles. The van der Waals surface area contributed by atoms with Gasteiger partial charge in [0.2, 0.25) is 11.8 Å². The number of anilines is 1. The Balaban J connectivity index is 1.65. The second-order valence-corrected chi connectivity index (χ2v) is 10.3. The number of para-hydroxylation sites is 1. The predicted octanol–water partition coefficient (Wildman–Crippen LogP) is 4.18. The standard InChI is InChI=1S/C28H44N4O3/c1-4-6-7-8-12-15-26(34)30-18-16-28(17-19-30)27(35)31(21-25(33)29-20-23(3)5-2)22-32(28)24-13-10-9-11-14-24/h9-11,13-14,23H,4-8,12,15-22H2,1-3H3,(H,29,33). The number of unbranched alkanes of at least 4 members (excludes halogenated alkanes) is 4. The number of rotatable bonds is 12. The lowest BCUT2D eigenvalue weighted by atomic mass is 9.85. The molecule has 2 fully saturated rings. The van der Waals surface area contributed by atoms with E-state index in [0.29, 0.717) is 51.5 Å². The molecule has 0 bridgehead atoms. The Morgan fingerprint density at radius 3 is 2.37 bits per heavy atom. The van der Waals surface area contributed by atoms with Crippen molar-refractivity contribution in [2.24, 2.45) is 5.92 Å². The first-order valence-corrected chi connectivity index (χ1v) is 13.6. The van der Waals surface area contributed by atoms with Crippen LogP contribution in [-0.4, -0.2) is 65.9 Å². The van der Waals surface area contributed by atoms with Crippen LogP contribution in [0.1, 0.15) is 78.6 Å². The molecule has 2 aliphatic rings. The molecular weight excluding hydrogens is 440 g/mol. The molecular formula is C28H44N4O3. The van der Waals surface area contributed by atoms with Gasteiger partial charge in [-0.3, -0.25) is 14.4 Å². The summed E-state index contributed by atoms with van der Waals surface area (Å²) in [5, 5.41) is 2.98. The summed E-state index contributed by atoms with van der Waals surface area (Å²) >= 11 is 0. The maximum absolute atomic E-state index is 13.7. The number of amides is 3. The molecule has 3 amide bonds. The van der Waals surface area contributed by atoms with Gasteiger partial charge in [-0.25, -0.2) is 0 Å². The molecule has 35 heavy (non-hydrogen) atoms. The third-order valence-corrected chi connectivity index (χ3v) is 7.70. The molecule has 194 valence electrons. The zero-order chi connectivity index (χ0) is 25.3. The number of benzene rings is 1. The van der Waals surface area contributed by atoms with Gasteiger partial charge in [0, 0.05) is 31.7 Å². The SMILES string of the molecule is CCCCCCCC(=O)N1CCC2(CC1)C(=O)N(CC(=O)NCC(C)CC)CN2c1ccccc1. The Morgan fingerprint density at radius 2 is 1.71 bits per heavy atom. The zero-order valence-electron chi connectivity index (χ0n) is 21.9. The van der Waals surface area contributed by atoms with Crippen LogP contribution in [0.5, 0.6) is 0 Å². The minimum absolute atomic E-state index is 0.00621. The quantitative estimate of drug-likeness (QED) is 0.452. The number of piperidine rings is 1. The van der Waals surface area contributed by atoms with Crippen LogP contribution in [-0.2, 0) is 14.4 Å². The highest BCUT2D eigenvalue weighted by Gasteiger charge is 2.54. The van der Waals surface area contributed by atoms with Gasteiger partial charge in [0.1, 0.15) is 12.1 Å². The lowest BCUT2D eigenvalue weighted by Crippen LogP contribution is -2.57. The van der Waals surface area contributed by atoms with E-state index in [1.807, 2.05) is 35.2 Å². The topological polar surface area (TPSA) is 73.0 Å². The molecule has 7 heteroatoms. The van der Waals surface area contributed by atoms with Crippen molar-refractivity contribution in [3.63, 3.8) is 0 Å². The van der Waals surface area contributed by atoms with Crippen LogP contribution in [0, 0.1) is 5.92 Å². The molecule has 7 nitrogen and oxygen atoms in total. The average Bonchev–Trinajstić information content (AvgIpc) is 3.14. The van der Waals surface area contributed by atoms with Crippen LogP contribution in [0.25, 0.3) is 0 Å². The van der Waals surface area contributed by atoms with E-state index in [9.17, 15) is 14.4 Å². The van der Waals surface area contributed by atoms with Gasteiger partial charge in [0.15, 0.2) is 0 Å². The van der Waals surface area contributed by atoms with Crippen molar-refractivity contribution < 1.29 is 14.4 Å². The smallest absolute Gasteiger partial charge is 0.250 e. The van der Waals surface area contributed by atoms with Crippen LogP contribution >= 0.6 is 0 Å². The first-order valence-electron chi connectivity index (χ1n) is 13.6. The highest BCUT2D eigenvalue weighted by molar-refractivity contribution is 5.96.